The van der Waals surface area contributed by atoms with Crippen LogP contribution in [0.2, 0.25) is 0 Å². The second-order valence-electron chi connectivity index (χ2n) is 2.80. The predicted molar refractivity (Wildman–Crippen MR) is 41.3 cm³/mol. The van der Waals surface area contributed by atoms with Crippen LogP contribution in [0.3, 0.4) is 0 Å². The first kappa shape index (κ1) is 7.78. The number of amides is 1. The number of fused-ring (bicyclic) bond motifs is 1. The quantitative estimate of drug-likeness (QED) is 0.608. The van der Waals surface area contributed by atoms with Gasteiger partial charge in [0.25, 0.3) is 0 Å². The molecule has 0 aromatic carbocycles. The van der Waals surface area contributed by atoms with E-state index in [1.165, 1.54) is 17.1 Å². The van der Waals surface area contributed by atoms with Gasteiger partial charge in [0.15, 0.2) is 0 Å². The zero-order valence-electron chi connectivity index (χ0n) is 6.60. The topological polar surface area (TPSA) is 84.2 Å². The molecule has 1 aliphatic heterocycles. The summed E-state index contributed by atoms with van der Waals surface area (Å²) in [5, 5.41) is 11.0. The van der Waals surface area contributed by atoms with Gasteiger partial charge in [-0.25, -0.2) is 14.6 Å². The van der Waals surface area contributed by atoms with Crippen LogP contribution in [-0.2, 0) is 11.2 Å². The third-order valence-corrected chi connectivity index (χ3v) is 1.94. The fraction of sp³-hybridized carbons (Fsp3) is 0.286. The van der Waals surface area contributed by atoms with Crippen LogP contribution >= 0.6 is 0 Å². The molecular weight excluding hydrogens is 174 g/mol. The first-order chi connectivity index (χ1) is 6.18. The molecule has 0 fully saturated rings. The van der Waals surface area contributed by atoms with Crippen LogP contribution in [0.15, 0.2) is 12.5 Å². The molecule has 0 unspecified atom stereocenters. The molecule has 1 aromatic heterocycles. The third kappa shape index (κ3) is 1.16. The largest absolute Gasteiger partial charge is 0.480 e. The maximum Gasteiger partial charge on any atom is 0.327 e. The molecule has 0 aliphatic carbocycles. The fourth-order valence-electron chi connectivity index (χ4n) is 1.28. The molecule has 0 bridgehead atoms. The number of nitrogens with one attached hydrogen (secondary N) is 1. The lowest BCUT2D eigenvalue weighted by Gasteiger charge is -2.20. The van der Waals surface area contributed by atoms with Gasteiger partial charge in [-0.2, -0.15) is 0 Å². The summed E-state index contributed by atoms with van der Waals surface area (Å²) in [7, 11) is 0. The minimum absolute atomic E-state index is 0.279. The summed E-state index contributed by atoms with van der Waals surface area (Å²) in [6, 6.07) is -1.28. The van der Waals surface area contributed by atoms with Crippen LogP contribution in [0.5, 0.6) is 0 Å². The highest BCUT2D eigenvalue weighted by Crippen LogP contribution is 2.08. The summed E-state index contributed by atoms with van der Waals surface area (Å²) < 4.78 is 1.30. The molecule has 2 N–H and O–H groups in total. The van der Waals surface area contributed by atoms with E-state index in [0.717, 1.165) is 0 Å². The number of carbonyl (C=O) groups is 2. The van der Waals surface area contributed by atoms with Crippen LogP contribution in [0.1, 0.15) is 5.69 Å². The van der Waals surface area contributed by atoms with Crippen molar-refractivity contribution in [3.05, 3.63) is 18.2 Å². The van der Waals surface area contributed by atoms with Gasteiger partial charge in [-0.05, 0) is 0 Å². The molecule has 0 spiro atoms. The maximum atomic E-state index is 11.2. The zero-order chi connectivity index (χ0) is 9.42. The molecule has 13 heavy (non-hydrogen) atoms. The average Bonchev–Trinajstić information content (AvgIpc) is 2.51. The van der Waals surface area contributed by atoms with Crippen molar-refractivity contribution in [2.45, 2.75) is 12.5 Å². The third-order valence-electron chi connectivity index (χ3n) is 1.94. The molecule has 1 atom stereocenters. The van der Waals surface area contributed by atoms with Crippen LogP contribution in [0.4, 0.5) is 4.79 Å². The van der Waals surface area contributed by atoms with Gasteiger partial charge in [0.2, 0.25) is 0 Å². The normalized spacial score (nSPS) is 20.6. The van der Waals surface area contributed by atoms with Gasteiger partial charge in [0.05, 0.1) is 0 Å². The van der Waals surface area contributed by atoms with Gasteiger partial charge in [0.1, 0.15) is 12.4 Å². The molecule has 6 heteroatoms. The number of aromatic nitrogens is 2. The molecule has 0 saturated heterocycles. The van der Waals surface area contributed by atoms with Crippen molar-refractivity contribution in [2.75, 3.05) is 0 Å². The summed E-state index contributed by atoms with van der Waals surface area (Å²) in [4.78, 5) is 25.6. The summed E-state index contributed by atoms with van der Waals surface area (Å²) in [5.74, 6) is -1.03. The number of hydrogen-bond donors (Lipinski definition) is 2. The van der Waals surface area contributed by atoms with Gasteiger partial charge < -0.3 is 10.4 Å². The van der Waals surface area contributed by atoms with E-state index < -0.39 is 18.0 Å². The lowest BCUT2D eigenvalue weighted by atomic mass is 10.1. The summed E-state index contributed by atoms with van der Waals surface area (Å²) >= 11 is 0. The van der Waals surface area contributed by atoms with E-state index in [9.17, 15) is 9.59 Å². The highest BCUT2D eigenvalue weighted by Gasteiger charge is 2.28. The minimum Gasteiger partial charge on any atom is -0.480 e. The zero-order valence-corrected chi connectivity index (χ0v) is 6.60. The number of carboxylic acids is 1. The number of aliphatic carboxylic acids is 1. The Hall–Kier alpha value is -1.85. The molecule has 1 amide bonds. The highest BCUT2D eigenvalue weighted by molar-refractivity contribution is 5.86. The van der Waals surface area contributed by atoms with Crippen LogP contribution in [0.25, 0.3) is 0 Å². The fourth-order valence-corrected chi connectivity index (χ4v) is 1.28. The second-order valence-corrected chi connectivity index (χ2v) is 2.80. The second kappa shape index (κ2) is 2.58. The highest BCUT2D eigenvalue weighted by atomic mass is 16.4. The number of imidazole rings is 1. The Bertz CT molecular complexity index is 371. The van der Waals surface area contributed by atoms with Crippen molar-refractivity contribution in [1.29, 1.82) is 0 Å². The molecule has 0 radical (unpaired) electrons. The SMILES string of the molecule is O=C(O)[C@@H]1Cc2cncn2C(=O)N1. The van der Waals surface area contributed by atoms with E-state index >= 15 is 0 Å². The Morgan fingerprint density at radius 2 is 2.54 bits per heavy atom. The number of hydrogen-bond acceptors (Lipinski definition) is 3. The van der Waals surface area contributed by atoms with E-state index in [-0.39, 0.29) is 6.42 Å². The minimum atomic E-state index is -1.03. The van der Waals surface area contributed by atoms with E-state index in [4.69, 9.17) is 5.11 Å². The van der Waals surface area contributed by atoms with Crippen LogP contribution < -0.4 is 5.32 Å². The summed E-state index contributed by atoms with van der Waals surface area (Å²) in [6.07, 6.45) is 3.14. The molecule has 2 heterocycles. The first-order valence-corrected chi connectivity index (χ1v) is 3.73. The van der Waals surface area contributed by atoms with Gasteiger partial charge in [0, 0.05) is 18.3 Å². The van der Waals surface area contributed by atoms with Crippen molar-refractivity contribution in [3.63, 3.8) is 0 Å². The Morgan fingerprint density at radius 3 is 3.23 bits per heavy atom. The van der Waals surface area contributed by atoms with E-state index in [0.29, 0.717) is 5.69 Å². The maximum absolute atomic E-state index is 11.2. The van der Waals surface area contributed by atoms with Gasteiger partial charge in [-0.15, -0.1) is 0 Å². The van der Waals surface area contributed by atoms with E-state index in [1.54, 1.807) is 0 Å². The average molecular weight is 181 g/mol. The summed E-state index contributed by atoms with van der Waals surface area (Å²) in [6.45, 7) is 0. The Balaban J connectivity index is 2.34. The van der Waals surface area contributed by atoms with Crippen molar-refractivity contribution in [2.24, 2.45) is 0 Å². The van der Waals surface area contributed by atoms with Crippen molar-refractivity contribution >= 4 is 12.0 Å². The molecular formula is C7H7N3O3. The van der Waals surface area contributed by atoms with E-state index in [1.807, 2.05) is 0 Å². The van der Waals surface area contributed by atoms with Crippen LogP contribution in [0, 0.1) is 0 Å². The molecule has 1 aromatic rings. The number of carbonyl (C=O) groups excluding carboxylic acids is 1. The molecule has 6 nitrogen and oxygen atoms in total. The van der Waals surface area contributed by atoms with Crippen molar-refractivity contribution in [3.8, 4) is 0 Å². The Morgan fingerprint density at radius 1 is 1.77 bits per heavy atom. The van der Waals surface area contributed by atoms with Crippen molar-refractivity contribution < 1.29 is 14.7 Å². The standard InChI is InChI=1S/C7H7N3O3/c11-6(12)5-1-4-2-8-3-10(4)7(13)9-5/h2-3,5H,1H2,(H,9,13)(H,11,12)/t5-/m0/s1. The monoisotopic (exact) mass is 181 g/mol. The number of nitrogens with zero attached hydrogens (tertiary/aromatic N) is 2. The summed E-state index contributed by atoms with van der Waals surface area (Å²) in [5.41, 5.74) is 0.621. The smallest absolute Gasteiger partial charge is 0.327 e. The predicted octanol–water partition coefficient (Wildman–Crippen LogP) is -0.550. The Kier molecular flexibility index (Phi) is 1.54. The van der Waals surface area contributed by atoms with Gasteiger partial charge >= 0.3 is 12.0 Å². The van der Waals surface area contributed by atoms with E-state index in [2.05, 4.69) is 10.3 Å². The van der Waals surface area contributed by atoms with Crippen LogP contribution in [-0.4, -0.2) is 32.7 Å². The lowest BCUT2D eigenvalue weighted by molar-refractivity contribution is -0.139. The first-order valence-electron chi connectivity index (χ1n) is 3.73. The lowest BCUT2D eigenvalue weighted by Crippen LogP contribution is -2.48. The molecule has 0 saturated carbocycles. The number of rotatable bonds is 1. The van der Waals surface area contributed by atoms with Gasteiger partial charge in [-0.1, -0.05) is 0 Å². The molecule has 68 valence electrons. The Labute approximate surface area is 73.2 Å². The van der Waals surface area contributed by atoms with Crippen molar-refractivity contribution in [1.82, 2.24) is 14.9 Å². The van der Waals surface area contributed by atoms with Gasteiger partial charge in [-0.3, -0.25) is 4.57 Å². The molecule has 1 aliphatic rings. The number of carboxylic acid groups (broad SMARTS) is 1. The molecule has 2 rings (SSSR count).